The predicted octanol–water partition coefficient (Wildman–Crippen LogP) is 2.24. The molecule has 0 saturated heterocycles. The first-order valence-corrected chi connectivity index (χ1v) is 9.49. The van der Waals surface area contributed by atoms with Gasteiger partial charge in [0.1, 0.15) is 17.4 Å². The largest absolute Gasteiger partial charge is 0.417 e. The highest BCUT2D eigenvalue weighted by atomic mass is 19.1. The summed E-state index contributed by atoms with van der Waals surface area (Å²) in [5, 5.41) is 12.5. The number of aromatic nitrogens is 6. The molecule has 1 fully saturated rings. The quantitative estimate of drug-likeness (QED) is 0.572. The number of hydrogen-bond donors (Lipinski definition) is 1. The third-order valence-electron chi connectivity index (χ3n) is 5.49. The van der Waals surface area contributed by atoms with E-state index in [1.807, 2.05) is 0 Å². The van der Waals surface area contributed by atoms with Gasteiger partial charge in [0.05, 0.1) is 17.7 Å². The van der Waals surface area contributed by atoms with Gasteiger partial charge in [-0.1, -0.05) is 0 Å². The van der Waals surface area contributed by atoms with Gasteiger partial charge in [-0.2, -0.15) is 5.10 Å². The standard InChI is InChI=1S/C19H16FN7O2/c20-11-2-1-6-27-14(11)8-13(25-27)16-15-12(21-9-22-15)5-7-26(16)19(28)18-24-23-17(29-18)10-3-4-10/h1-2,6,8-10,16H,3-5,7H2,(H,21,22). The van der Waals surface area contributed by atoms with Crippen molar-refractivity contribution < 1.29 is 13.6 Å². The maximum Gasteiger partial charge on any atom is 0.312 e. The van der Waals surface area contributed by atoms with Gasteiger partial charge in [-0.3, -0.25) is 4.79 Å². The van der Waals surface area contributed by atoms with Crippen LogP contribution >= 0.6 is 0 Å². The summed E-state index contributed by atoms with van der Waals surface area (Å²) < 4.78 is 21.3. The van der Waals surface area contributed by atoms with Gasteiger partial charge in [0, 0.05) is 30.8 Å². The molecule has 6 rings (SSSR count). The van der Waals surface area contributed by atoms with E-state index < -0.39 is 6.04 Å². The van der Waals surface area contributed by atoms with Crippen LogP contribution in [-0.4, -0.2) is 47.1 Å². The Morgan fingerprint density at radius 1 is 1.31 bits per heavy atom. The Morgan fingerprint density at radius 3 is 3.03 bits per heavy atom. The van der Waals surface area contributed by atoms with Crippen molar-refractivity contribution in [1.82, 2.24) is 34.7 Å². The zero-order valence-electron chi connectivity index (χ0n) is 15.2. The van der Waals surface area contributed by atoms with Crippen molar-refractivity contribution in [2.75, 3.05) is 6.54 Å². The van der Waals surface area contributed by atoms with E-state index in [4.69, 9.17) is 4.42 Å². The molecular formula is C19H16FN7O2. The highest BCUT2D eigenvalue weighted by Crippen LogP contribution is 2.39. The number of halogens is 1. The van der Waals surface area contributed by atoms with Crippen molar-refractivity contribution in [3.05, 3.63) is 65.4 Å². The molecule has 9 nitrogen and oxygen atoms in total. The molecule has 4 aromatic rings. The minimum absolute atomic E-state index is 0.0363. The molecule has 0 bridgehead atoms. The van der Waals surface area contributed by atoms with E-state index in [2.05, 4.69) is 25.3 Å². The van der Waals surface area contributed by atoms with Crippen LogP contribution < -0.4 is 0 Å². The average Bonchev–Trinajstić information content (AvgIpc) is 3.13. The van der Waals surface area contributed by atoms with Crippen LogP contribution in [0.2, 0.25) is 0 Å². The molecule has 146 valence electrons. The topological polar surface area (TPSA) is 105 Å². The average molecular weight is 393 g/mol. The summed E-state index contributed by atoms with van der Waals surface area (Å²) in [4.78, 5) is 22.4. The number of carbonyl (C=O) groups excluding carboxylic acids is 1. The monoisotopic (exact) mass is 393 g/mol. The molecule has 2 aliphatic rings. The Kier molecular flexibility index (Phi) is 3.37. The fraction of sp³-hybridized carbons (Fsp3) is 0.316. The molecule has 10 heteroatoms. The lowest BCUT2D eigenvalue weighted by Gasteiger charge is -2.32. The van der Waals surface area contributed by atoms with Crippen molar-refractivity contribution in [1.29, 1.82) is 0 Å². The number of rotatable bonds is 3. The van der Waals surface area contributed by atoms with E-state index in [0.29, 0.717) is 35.8 Å². The molecule has 4 aromatic heterocycles. The van der Waals surface area contributed by atoms with Gasteiger partial charge in [-0.05, 0) is 31.0 Å². The summed E-state index contributed by atoms with van der Waals surface area (Å²) in [6, 6.07) is 4.03. The number of aromatic amines is 1. The lowest BCUT2D eigenvalue weighted by atomic mass is 9.99. The van der Waals surface area contributed by atoms with Crippen LogP contribution in [0.25, 0.3) is 5.52 Å². The van der Waals surface area contributed by atoms with Crippen LogP contribution in [-0.2, 0) is 6.42 Å². The molecular weight excluding hydrogens is 377 g/mol. The number of imidazole rings is 1. The maximum atomic E-state index is 14.2. The van der Waals surface area contributed by atoms with Crippen molar-refractivity contribution in [3.63, 3.8) is 0 Å². The minimum Gasteiger partial charge on any atom is -0.417 e. The van der Waals surface area contributed by atoms with Gasteiger partial charge in [0.25, 0.3) is 0 Å². The Bertz CT molecular complexity index is 1240. The second kappa shape index (κ2) is 5.97. The molecule has 1 aliphatic carbocycles. The first kappa shape index (κ1) is 16.4. The van der Waals surface area contributed by atoms with E-state index in [0.717, 1.165) is 18.5 Å². The third kappa shape index (κ3) is 2.55. The molecule has 0 aromatic carbocycles. The van der Waals surface area contributed by atoms with E-state index in [-0.39, 0.29) is 23.5 Å². The molecule has 1 N–H and O–H groups in total. The van der Waals surface area contributed by atoms with Crippen molar-refractivity contribution in [3.8, 4) is 0 Å². The first-order chi connectivity index (χ1) is 14.2. The van der Waals surface area contributed by atoms with Gasteiger partial charge in [-0.25, -0.2) is 13.9 Å². The summed E-state index contributed by atoms with van der Waals surface area (Å²) in [5.74, 6) is -0.0164. The Labute approximate surface area is 163 Å². The Hall–Kier alpha value is -3.56. The van der Waals surface area contributed by atoms with Gasteiger partial charge in [0.2, 0.25) is 5.89 Å². The van der Waals surface area contributed by atoms with E-state index in [9.17, 15) is 9.18 Å². The van der Waals surface area contributed by atoms with E-state index in [1.54, 1.807) is 29.6 Å². The van der Waals surface area contributed by atoms with Crippen molar-refractivity contribution in [2.24, 2.45) is 0 Å². The van der Waals surface area contributed by atoms with Gasteiger partial charge in [-0.15, -0.1) is 10.2 Å². The molecule has 1 aliphatic heterocycles. The number of carbonyl (C=O) groups is 1. The number of nitrogens with zero attached hydrogens (tertiary/aromatic N) is 6. The molecule has 0 spiro atoms. The summed E-state index contributed by atoms with van der Waals surface area (Å²) in [5.41, 5.74) is 2.49. The van der Waals surface area contributed by atoms with Crippen LogP contribution in [0.3, 0.4) is 0 Å². The van der Waals surface area contributed by atoms with Gasteiger partial charge >= 0.3 is 11.8 Å². The number of fused-ring (bicyclic) bond motifs is 2. The molecule has 1 amide bonds. The van der Waals surface area contributed by atoms with E-state index >= 15 is 0 Å². The molecule has 5 heterocycles. The summed E-state index contributed by atoms with van der Waals surface area (Å²) in [6.45, 7) is 0.427. The number of hydrogen-bond acceptors (Lipinski definition) is 6. The number of amides is 1. The van der Waals surface area contributed by atoms with Crippen LogP contribution in [0.5, 0.6) is 0 Å². The normalized spacial score (nSPS) is 18.9. The van der Waals surface area contributed by atoms with Crippen molar-refractivity contribution in [2.45, 2.75) is 31.2 Å². The predicted molar refractivity (Wildman–Crippen MR) is 96.6 cm³/mol. The second-order valence-corrected chi connectivity index (χ2v) is 7.39. The highest BCUT2D eigenvalue weighted by molar-refractivity contribution is 5.90. The number of nitrogens with one attached hydrogen (secondary N) is 1. The number of pyridine rings is 1. The summed E-state index contributed by atoms with van der Waals surface area (Å²) in [7, 11) is 0. The minimum atomic E-state index is -0.576. The van der Waals surface area contributed by atoms with Gasteiger partial charge in [0.15, 0.2) is 0 Å². The molecule has 29 heavy (non-hydrogen) atoms. The second-order valence-electron chi connectivity index (χ2n) is 7.39. The summed E-state index contributed by atoms with van der Waals surface area (Å²) >= 11 is 0. The van der Waals surface area contributed by atoms with E-state index in [1.165, 1.54) is 10.6 Å². The summed E-state index contributed by atoms with van der Waals surface area (Å²) in [6.07, 6.45) is 5.89. The zero-order valence-corrected chi connectivity index (χ0v) is 15.2. The number of H-pyrrole nitrogens is 1. The van der Waals surface area contributed by atoms with Gasteiger partial charge < -0.3 is 14.3 Å². The molecule has 0 radical (unpaired) electrons. The maximum absolute atomic E-state index is 14.2. The Morgan fingerprint density at radius 2 is 2.21 bits per heavy atom. The first-order valence-electron chi connectivity index (χ1n) is 9.49. The van der Waals surface area contributed by atoms with Crippen LogP contribution in [0.15, 0.2) is 35.1 Å². The van der Waals surface area contributed by atoms with Crippen molar-refractivity contribution >= 4 is 11.4 Å². The fourth-order valence-corrected chi connectivity index (χ4v) is 3.87. The third-order valence-corrected chi connectivity index (χ3v) is 5.49. The zero-order chi connectivity index (χ0) is 19.5. The highest BCUT2D eigenvalue weighted by Gasteiger charge is 2.39. The molecule has 1 atom stereocenters. The van der Waals surface area contributed by atoms with Crippen LogP contribution in [0.1, 0.15) is 58.5 Å². The molecule has 1 saturated carbocycles. The lowest BCUT2D eigenvalue weighted by molar-refractivity contribution is 0.0644. The smallest absolute Gasteiger partial charge is 0.312 e. The lowest BCUT2D eigenvalue weighted by Crippen LogP contribution is -2.41. The SMILES string of the molecule is O=C(c1nnc(C2CC2)o1)N1CCc2[nH]cnc2C1c1cc2c(F)cccn2n1. The fourth-order valence-electron chi connectivity index (χ4n) is 3.87. The van der Waals surface area contributed by atoms with Crippen LogP contribution in [0.4, 0.5) is 4.39 Å². The molecule has 1 unspecified atom stereocenters. The van der Waals surface area contributed by atoms with Crippen LogP contribution in [0, 0.1) is 5.82 Å². The Balaban J connectivity index is 1.44.